The van der Waals surface area contributed by atoms with Crippen LogP contribution >= 0.6 is 0 Å². The first-order valence-electron chi connectivity index (χ1n) is 6.99. The number of carbonyl (C=O) groups excluding carboxylic acids is 1. The summed E-state index contributed by atoms with van der Waals surface area (Å²) in [6.07, 6.45) is 8.71. The molecule has 0 aromatic carbocycles. The number of nitrogens with two attached hydrogens (primary N) is 1. The standard InChI is InChI=1S/C13H20N4O/c14-13(18)11-12(10-5-2-6-10)17(16-15-11)8-7-9-3-1-4-9/h9-10H,1-8H2,(H2,14,18). The molecule has 0 radical (unpaired) electrons. The molecule has 1 aromatic heterocycles. The van der Waals surface area contributed by atoms with E-state index in [1.54, 1.807) is 0 Å². The van der Waals surface area contributed by atoms with Crippen LogP contribution in [0.4, 0.5) is 0 Å². The van der Waals surface area contributed by atoms with Gasteiger partial charge in [0.15, 0.2) is 5.69 Å². The molecule has 1 amide bonds. The number of carbonyl (C=O) groups is 1. The third-order valence-corrected chi connectivity index (χ3v) is 4.47. The van der Waals surface area contributed by atoms with E-state index in [2.05, 4.69) is 10.3 Å². The van der Waals surface area contributed by atoms with Crippen molar-refractivity contribution >= 4 is 5.91 Å². The van der Waals surface area contributed by atoms with E-state index in [-0.39, 0.29) is 0 Å². The Bertz CT molecular complexity index is 446. The molecule has 98 valence electrons. The third kappa shape index (κ3) is 2.02. The van der Waals surface area contributed by atoms with Gasteiger partial charge in [0.25, 0.3) is 5.91 Å². The number of rotatable bonds is 5. The molecule has 0 atom stereocenters. The summed E-state index contributed by atoms with van der Waals surface area (Å²) in [5.41, 5.74) is 6.77. The Morgan fingerprint density at radius 3 is 2.50 bits per heavy atom. The summed E-state index contributed by atoms with van der Waals surface area (Å²) in [6, 6.07) is 0. The Balaban J connectivity index is 1.76. The fraction of sp³-hybridized carbons (Fsp3) is 0.769. The lowest BCUT2D eigenvalue weighted by Crippen LogP contribution is -2.22. The van der Waals surface area contributed by atoms with Crippen LogP contribution in [0, 0.1) is 5.92 Å². The van der Waals surface area contributed by atoms with Crippen LogP contribution in [0.1, 0.15) is 67.0 Å². The molecule has 1 aromatic rings. The van der Waals surface area contributed by atoms with Crippen LogP contribution < -0.4 is 5.73 Å². The van der Waals surface area contributed by atoms with Gasteiger partial charge in [-0.1, -0.05) is 30.9 Å². The molecule has 5 heteroatoms. The highest BCUT2D eigenvalue weighted by molar-refractivity contribution is 5.92. The van der Waals surface area contributed by atoms with Crippen molar-refractivity contribution in [1.29, 1.82) is 0 Å². The van der Waals surface area contributed by atoms with Gasteiger partial charge in [0, 0.05) is 12.5 Å². The van der Waals surface area contributed by atoms with Gasteiger partial charge < -0.3 is 5.73 Å². The van der Waals surface area contributed by atoms with Gasteiger partial charge in [-0.3, -0.25) is 4.79 Å². The summed E-state index contributed by atoms with van der Waals surface area (Å²) in [6.45, 7) is 0.886. The summed E-state index contributed by atoms with van der Waals surface area (Å²) in [4.78, 5) is 11.4. The number of primary amides is 1. The Hall–Kier alpha value is -1.39. The minimum absolute atomic E-state index is 0.397. The van der Waals surface area contributed by atoms with Crippen LogP contribution in [0.2, 0.25) is 0 Å². The Labute approximate surface area is 107 Å². The van der Waals surface area contributed by atoms with Gasteiger partial charge in [-0.05, 0) is 25.2 Å². The van der Waals surface area contributed by atoms with Gasteiger partial charge in [-0.25, -0.2) is 4.68 Å². The van der Waals surface area contributed by atoms with Crippen molar-refractivity contribution in [2.45, 2.75) is 57.4 Å². The van der Waals surface area contributed by atoms with E-state index >= 15 is 0 Å². The van der Waals surface area contributed by atoms with E-state index in [1.165, 1.54) is 25.7 Å². The molecule has 0 saturated heterocycles. The highest BCUT2D eigenvalue weighted by Gasteiger charge is 2.30. The zero-order chi connectivity index (χ0) is 12.5. The molecule has 2 aliphatic carbocycles. The van der Waals surface area contributed by atoms with E-state index in [1.807, 2.05) is 4.68 Å². The number of hydrogen-bond donors (Lipinski definition) is 1. The summed E-state index contributed by atoms with van der Waals surface area (Å²) < 4.78 is 1.93. The largest absolute Gasteiger partial charge is 0.364 e. The van der Waals surface area contributed by atoms with Crippen LogP contribution in [0.3, 0.4) is 0 Å². The van der Waals surface area contributed by atoms with Crippen LogP contribution in [-0.4, -0.2) is 20.9 Å². The Morgan fingerprint density at radius 1 is 1.28 bits per heavy atom. The third-order valence-electron chi connectivity index (χ3n) is 4.47. The SMILES string of the molecule is NC(=O)c1nnn(CCC2CCC2)c1C1CCC1. The lowest BCUT2D eigenvalue weighted by molar-refractivity contribution is 0.0993. The topological polar surface area (TPSA) is 73.8 Å². The molecule has 0 unspecified atom stereocenters. The Morgan fingerprint density at radius 2 is 2.00 bits per heavy atom. The highest BCUT2D eigenvalue weighted by Crippen LogP contribution is 2.38. The summed E-state index contributed by atoms with van der Waals surface area (Å²) in [5.74, 6) is 0.858. The summed E-state index contributed by atoms with van der Waals surface area (Å²) in [5, 5.41) is 8.12. The van der Waals surface area contributed by atoms with Crippen LogP contribution in [0.15, 0.2) is 0 Å². The van der Waals surface area contributed by atoms with Gasteiger partial charge in [0.05, 0.1) is 5.69 Å². The lowest BCUT2D eigenvalue weighted by Gasteiger charge is -2.28. The van der Waals surface area contributed by atoms with Gasteiger partial charge in [-0.2, -0.15) is 0 Å². The average Bonchev–Trinajstić information content (AvgIpc) is 2.57. The van der Waals surface area contributed by atoms with E-state index in [0.717, 1.165) is 37.4 Å². The van der Waals surface area contributed by atoms with Crippen LogP contribution in [-0.2, 0) is 6.54 Å². The number of aromatic nitrogens is 3. The van der Waals surface area contributed by atoms with Gasteiger partial charge in [0.2, 0.25) is 0 Å². The van der Waals surface area contributed by atoms with Gasteiger partial charge in [-0.15, -0.1) is 5.10 Å². The maximum Gasteiger partial charge on any atom is 0.271 e. The average molecular weight is 248 g/mol. The fourth-order valence-corrected chi connectivity index (χ4v) is 2.83. The first-order chi connectivity index (χ1) is 8.75. The number of hydrogen-bond acceptors (Lipinski definition) is 3. The lowest BCUT2D eigenvalue weighted by atomic mass is 9.81. The molecular formula is C13H20N4O. The van der Waals surface area contributed by atoms with E-state index in [4.69, 9.17) is 5.73 Å². The summed E-state index contributed by atoms with van der Waals surface area (Å²) >= 11 is 0. The molecule has 0 aliphatic heterocycles. The van der Waals surface area contributed by atoms with Crippen molar-refractivity contribution in [2.75, 3.05) is 0 Å². The predicted octanol–water partition coefficient (Wildman–Crippen LogP) is 1.83. The summed E-state index contributed by atoms with van der Waals surface area (Å²) in [7, 11) is 0. The highest BCUT2D eigenvalue weighted by atomic mass is 16.1. The predicted molar refractivity (Wildman–Crippen MR) is 67.1 cm³/mol. The molecule has 1 heterocycles. The molecular weight excluding hydrogens is 228 g/mol. The number of amides is 1. The molecule has 5 nitrogen and oxygen atoms in total. The normalized spacial score (nSPS) is 20.4. The van der Waals surface area contributed by atoms with Crippen molar-refractivity contribution in [2.24, 2.45) is 11.7 Å². The minimum Gasteiger partial charge on any atom is -0.364 e. The first-order valence-corrected chi connectivity index (χ1v) is 6.99. The second kappa shape index (κ2) is 4.71. The second-order valence-corrected chi connectivity index (χ2v) is 5.62. The maximum atomic E-state index is 11.4. The van der Waals surface area contributed by atoms with Crippen molar-refractivity contribution in [1.82, 2.24) is 15.0 Å². The molecule has 0 bridgehead atoms. The monoisotopic (exact) mass is 248 g/mol. The van der Waals surface area contributed by atoms with Crippen molar-refractivity contribution in [3.8, 4) is 0 Å². The maximum absolute atomic E-state index is 11.4. The molecule has 2 saturated carbocycles. The van der Waals surface area contributed by atoms with Crippen molar-refractivity contribution in [3.05, 3.63) is 11.4 Å². The van der Waals surface area contributed by atoms with Crippen molar-refractivity contribution in [3.63, 3.8) is 0 Å². The second-order valence-electron chi connectivity index (χ2n) is 5.62. The zero-order valence-electron chi connectivity index (χ0n) is 10.6. The van der Waals surface area contributed by atoms with E-state index in [9.17, 15) is 4.79 Å². The quantitative estimate of drug-likeness (QED) is 0.864. The Kier molecular flexibility index (Phi) is 3.06. The smallest absolute Gasteiger partial charge is 0.271 e. The molecule has 0 spiro atoms. The van der Waals surface area contributed by atoms with Crippen LogP contribution in [0.5, 0.6) is 0 Å². The first kappa shape index (κ1) is 11.7. The fourth-order valence-electron chi connectivity index (χ4n) is 2.83. The van der Waals surface area contributed by atoms with E-state index < -0.39 is 5.91 Å². The molecule has 2 N–H and O–H groups in total. The van der Waals surface area contributed by atoms with Gasteiger partial charge >= 0.3 is 0 Å². The molecule has 2 fully saturated rings. The number of nitrogens with zero attached hydrogens (tertiary/aromatic N) is 3. The minimum atomic E-state index is -0.438. The van der Waals surface area contributed by atoms with Crippen molar-refractivity contribution < 1.29 is 4.79 Å². The molecule has 18 heavy (non-hydrogen) atoms. The molecule has 2 aliphatic rings. The molecule has 3 rings (SSSR count). The van der Waals surface area contributed by atoms with Gasteiger partial charge in [0.1, 0.15) is 0 Å². The zero-order valence-corrected chi connectivity index (χ0v) is 10.6. The van der Waals surface area contributed by atoms with E-state index in [0.29, 0.717) is 11.6 Å². The number of aryl methyl sites for hydroxylation is 1. The van der Waals surface area contributed by atoms with Crippen LogP contribution in [0.25, 0.3) is 0 Å².